The lowest BCUT2D eigenvalue weighted by Gasteiger charge is -2.21. The summed E-state index contributed by atoms with van der Waals surface area (Å²) in [6, 6.07) is 4.40. The summed E-state index contributed by atoms with van der Waals surface area (Å²) in [6.07, 6.45) is 4.26. The number of rotatable bonds is 8. The van der Waals surface area contributed by atoms with Gasteiger partial charge >= 0.3 is 5.97 Å². The number of sulfonamides is 1. The van der Waals surface area contributed by atoms with Crippen molar-refractivity contribution in [2.45, 2.75) is 56.9 Å². The summed E-state index contributed by atoms with van der Waals surface area (Å²) in [5.74, 6) is -1.58. The smallest absolute Gasteiger partial charge is 0.323 e. The van der Waals surface area contributed by atoms with Crippen LogP contribution in [-0.2, 0) is 14.8 Å². The molecule has 0 saturated heterocycles. The van der Waals surface area contributed by atoms with Gasteiger partial charge in [0.05, 0.1) is 4.90 Å². The molecule has 7 nitrogen and oxygen atoms in total. The van der Waals surface area contributed by atoms with Gasteiger partial charge in [0.1, 0.15) is 6.54 Å². The zero-order valence-electron chi connectivity index (χ0n) is 15.2. The molecule has 0 atom stereocenters. The molecular weight excluding hydrogens is 356 g/mol. The fourth-order valence-electron chi connectivity index (χ4n) is 3.22. The van der Waals surface area contributed by atoms with Crippen LogP contribution in [0.1, 0.15) is 54.9 Å². The van der Waals surface area contributed by atoms with Crippen LogP contribution in [-0.4, -0.2) is 49.4 Å². The topological polar surface area (TPSA) is 104 Å². The highest BCUT2D eigenvalue weighted by atomic mass is 32.2. The molecule has 2 N–H and O–H groups in total. The Morgan fingerprint density at radius 3 is 2.50 bits per heavy atom. The zero-order chi connectivity index (χ0) is 19.3. The maximum Gasteiger partial charge on any atom is 0.323 e. The maximum atomic E-state index is 12.7. The summed E-state index contributed by atoms with van der Waals surface area (Å²) in [4.78, 5) is 24.9. The Morgan fingerprint density at radius 1 is 1.27 bits per heavy atom. The van der Waals surface area contributed by atoms with Gasteiger partial charge in [-0.1, -0.05) is 25.8 Å². The highest BCUT2D eigenvalue weighted by Crippen LogP contribution is 2.23. The second-order valence-electron chi connectivity index (χ2n) is 6.70. The minimum atomic E-state index is -3.73. The van der Waals surface area contributed by atoms with E-state index in [1.54, 1.807) is 13.0 Å². The minimum absolute atomic E-state index is 0.0673. The molecule has 1 aliphatic carbocycles. The van der Waals surface area contributed by atoms with Crippen LogP contribution in [0, 0.1) is 6.92 Å². The van der Waals surface area contributed by atoms with Gasteiger partial charge in [-0.2, -0.15) is 0 Å². The number of carboxylic acid groups (broad SMARTS) is 1. The van der Waals surface area contributed by atoms with Crippen molar-refractivity contribution in [3.8, 4) is 0 Å². The molecule has 0 aromatic heterocycles. The summed E-state index contributed by atoms with van der Waals surface area (Å²) in [7, 11) is -3.73. The maximum absolute atomic E-state index is 12.7. The molecule has 1 aromatic rings. The van der Waals surface area contributed by atoms with Gasteiger partial charge in [-0.25, -0.2) is 13.1 Å². The quantitative estimate of drug-likeness (QED) is 0.717. The van der Waals surface area contributed by atoms with Gasteiger partial charge in [0.15, 0.2) is 0 Å². The first-order valence-corrected chi connectivity index (χ1v) is 10.4. The molecule has 0 radical (unpaired) electrons. The first kappa shape index (κ1) is 20.4. The SMILES string of the molecule is CCCN(CC(=O)O)C(=O)c1ccc(C)c(S(=O)(=O)NC2CCCC2)c1. The van der Waals surface area contributed by atoms with Crippen molar-refractivity contribution in [3.05, 3.63) is 29.3 Å². The number of nitrogens with zero attached hydrogens (tertiary/aromatic N) is 1. The van der Waals surface area contributed by atoms with E-state index in [2.05, 4.69) is 4.72 Å². The number of carboxylic acids is 1. The van der Waals surface area contributed by atoms with E-state index in [-0.39, 0.29) is 16.5 Å². The fraction of sp³-hybridized carbons (Fsp3) is 0.556. The van der Waals surface area contributed by atoms with Crippen molar-refractivity contribution in [1.29, 1.82) is 0 Å². The first-order valence-electron chi connectivity index (χ1n) is 8.88. The molecule has 0 heterocycles. The van der Waals surface area contributed by atoms with Gasteiger partial charge in [0, 0.05) is 18.2 Å². The Hall–Kier alpha value is -1.93. The molecule has 1 aliphatic rings. The molecule has 1 saturated carbocycles. The van der Waals surface area contributed by atoms with Crippen molar-refractivity contribution in [2.24, 2.45) is 0 Å². The monoisotopic (exact) mass is 382 g/mol. The number of carbonyl (C=O) groups is 2. The molecule has 144 valence electrons. The van der Waals surface area contributed by atoms with Crippen LogP contribution in [0.2, 0.25) is 0 Å². The second-order valence-corrected chi connectivity index (χ2v) is 8.39. The molecule has 0 aliphatic heterocycles. The van der Waals surface area contributed by atoms with Crippen LogP contribution >= 0.6 is 0 Å². The number of aliphatic carboxylic acids is 1. The standard InChI is InChI=1S/C18H26N2O5S/c1-3-10-20(12-17(21)22)18(23)14-9-8-13(2)16(11-14)26(24,25)19-15-6-4-5-7-15/h8-9,11,15,19H,3-7,10,12H2,1-2H3,(H,21,22). The van der Waals surface area contributed by atoms with Crippen LogP contribution in [0.3, 0.4) is 0 Å². The van der Waals surface area contributed by atoms with E-state index in [1.165, 1.54) is 17.0 Å². The van der Waals surface area contributed by atoms with Crippen molar-refractivity contribution in [1.82, 2.24) is 9.62 Å². The molecule has 1 aromatic carbocycles. The Kier molecular flexibility index (Phi) is 6.77. The number of hydrogen-bond acceptors (Lipinski definition) is 4. The van der Waals surface area contributed by atoms with Crippen molar-refractivity contribution in [2.75, 3.05) is 13.1 Å². The third-order valence-electron chi connectivity index (χ3n) is 4.51. The molecule has 26 heavy (non-hydrogen) atoms. The fourth-order valence-corrected chi connectivity index (χ4v) is 4.79. The molecule has 0 spiro atoms. The number of hydrogen-bond donors (Lipinski definition) is 2. The summed E-state index contributed by atoms with van der Waals surface area (Å²) < 4.78 is 28.2. The molecule has 1 fully saturated rings. The van der Waals surface area contributed by atoms with Crippen molar-refractivity contribution >= 4 is 21.9 Å². The average molecular weight is 382 g/mol. The van der Waals surface area contributed by atoms with Crippen LogP contribution in [0.4, 0.5) is 0 Å². The highest BCUT2D eigenvalue weighted by molar-refractivity contribution is 7.89. The first-order chi connectivity index (χ1) is 12.2. The van der Waals surface area contributed by atoms with E-state index < -0.39 is 28.4 Å². The number of amides is 1. The van der Waals surface area contributed by atoms with E-state index in [0.29, 0.717) is 18.5 Å². The summed E-state index contributed by atoms with van der Waals surface area (Å²) >= 11 is 0. The van der Waals surface area contributed by atoms with Gasteiger partial charge in [-0.05, 0) is 43.9 Å². The number of nitrogens with one attached hydrogen (secondary N) is 1. The Labute approximate surface area is 154 Å². The second kappa shape index (κ2) is 8.64. The van der Waals surface area contributed by atoms with E-state index in [9.17, 15) is 18.0 Å². The predicted molar refractivity (Wildman–Crippen MR) is 97.6 cm³/mol. The van der Waals surface area contributed by atoms with Crippen LogP contribution < -0.4 is 4.72 Å². The molecule has 0 unspecified atom stereocenters. The van der Waals surface area contributed by atoms with Crippen molar-refractivity contribution in [3.63, 3.8) is 0 Å². The Balaban J connectivity index is 2.30. The molecule has 0 bridgehead atoms. The third-order valence-corrected chi connectivity index (χ3v) is 6.17. The van der Waals surface area contributed by atoms with E-state index in [4.69, 9.17) is 5.11 Å². The normalized spacial score (nSPS) is 15.2. The van der Waals surface area contributed by atoms with Crippen LogP contribution in [0.15, 0.2) is 23.1 Å². The Bertz CT molecular complexity index is 770. The van der Waals surface area contributed by atoms with Crippen LogP contribution in [0.5, 0.6) is 0 Å². The van der Waals surface area contributed by atoms with Crippen LogP contribution in [0.25, 0.3) is 0 Å². The van der Waals surface area contributed by atoms with E-state index >= 15 is 0 Å². The molecule has 2 rings (SSSR count). The van der Waals surface area contributed by atoms with E-state index in [0.717, 1.165) is 25.7 Å². The third kappa shape index (κ3) is 5.04. The molecular formula is C18H26N2O5S. The summed E-state index contributed by atoms with van der Waals surface area (Å²) in [6.45, 7) is 3.40. The van der Waals surface area contributed by atoms with E-state index in [1.807, 2.05) is 6.92 Å². The van der Waals surface area contributed by atoms with Gasteiger partial charge in [-0.15, -0.1) is 0 Å². The predicted octanol–water partition coefficient (Wildman–Crippen LogP) is 2.15. The lowest BCUT2D eigenvalue weighted by atomic mass is 10.1. The van der Waals surface area contributed by atoms with Gasteiger partial charge in [0.25, 0.3) is 5.91 Å². The number of aryl methyl sites for hydroxylation is 1. The number of benzene rings is 1. The largest absolute Gasteiger partial charge is 0.480 e. The average Bonchev–Trinajstić information content (AvgIpc) is 3.06. The highest BCUT2D eigenvalue weighted by Gasteiger charge is 2.26. The van der Waals surface area contributed by atoms with Gasteiger partial charge in [-0.3, -0.25) is 9.59 Å². The summed E-state index contributed by atoms with van der Waals surface area (Å²) in [5, 5.41) is 8.99. The van der Waals surface area contributed by atoms with Gasteiger partial charge in [0.2, 0.25) is 10.0 Å². The lowest BCUT2D eigenvalue weighted by Crippen LogP contribution is -2.36. The summed E-state index contributed by atoms with van der Waals surface area (Å²) in [5.41, 5.74) is 0.726. The molecule has 8 heteroatoms. The Morgan fingerprint density at radius 2 is 1.92 bits per heavy atom. The molecule has 1 amide bonds. The zero-order valence-corrected chi connectivity index (χ0v) is 16.0. The minimum Gasteiger partial charge on any atom is -0.480 e. The van der Waals surface area contributed by atoms with Gasteiger partial charge < -0.3 is 10.0 Å². The number of carbonyl (C=O) groups excluding carboxylic acids is 1. The van der Waals surface area contributed by atoms with Crippen molar-refractivity contribution < 1.29 is 23.1 Å². The lowest BCUT2D eigenvalue weighted by molar-refractivity contribution is -0.137.